The van der Waals surface area contributed by atoms with Crippen LogP contribution in [0.15, 0.2) is 90.7 Å². The minimum absolute atomic E-state index is 0. The van der Waals surface area contributed by atoms with Crippen molar-refractivity contribution >= 4 is 13.8 Å². The molecule has 0 radical (unpaired) electrons. The summed E-state index contributed by atoms with van der Waals surface area (Å²) >= 11 is 0. The van der Waals surface area contributed by atoms with Gasteiger partial charge < -0.3 is 24.8 Å². The number of hydrogen-bond donors (Lipinski definition) is 0. The Morgan fingerprint density at radius 1 is 0.800 bits per heavy atom. The monoisotopic (exact) mass is 418 g/mol. The van der Waals surface area contributed by atoms with Gasteiger partial charge >= 0.3 is 21.7 Å². The van der Waals surface area contributed by atoms with Crippen molar-refractivity contribution < 1.29 is 46.5 Å². The maximum atomic E-state index is 3.53. The molecule has 0 fully saturated rings. The Bertz CT molecular complexity index is 721. The van der Waals surface area contributed by atoms with Crippen LogP contribution in [0.25, 0.3) is 5.57 Å². The van der Waals surface area contributed by atoms with Crippen LogP contribution in [-0.4, -0.2) is 0 Å². The summed E-state index contributed by atoms with van der Waals surface area (Å²) in [6, 6.07) is 24.9. The van der Waals surface area contributed by atoms with E-state index >= 15 is 0 Å². The zero-order valence-corrected chi connectivity index (χ0v) is 17.6. The molecule has 0 saturated carbocycles. The van der Waals surface area contributed by atoms with Crippen LogP contribution in [0.4, 0.5) is 0 Å². The number of rotatable bonds is 2. The minimum Gasteiger partial charge on any atom is -1.00 e. The van der Waals surface area contributed by atoms with E-state index in [1.165, 1.54) is 16.7 Å². The smallest absolute Gasteiger partial charge is 1.00 e. The third-order valence-corrected chi connectivity index (χ3v) is 4.14. The number of hydrogen-bond acceptors (Lipinski definition) is 0. The molecule has 25 heavy (non-hydrogen) atoms. The van der Waals surface area contributed by atoms with E-state index < -0.39 is 0 Å². The van der Waals surface area contributed by atoms with E-state index in [0.29, 0.717) is 5.92 Å². The third-order valence-electron chi connectivity index (χ3n) is 3.45. The molecule has 1 heterocycles. The van der Waals surface area contributed by atoms with Gasteiger partial charge in [0.15, 0.2) is 0 Å². The minimum atomic E-state index is 0. The van der Waals surface area contributed by atoms with Gasteiger partial charge in [-0.1, -0.05) is 54.1 Å². The first-order valence-corrected chi connectivity index (χ1v) is 8.43. The van der Waals surface area contributed by atoms with Crippen molar-refractivity contribution in [3.8, 4) is 0 Å². The molecule has 0 saturated heterocycles. The van der Waals surface area contributed by atoms with Gasteiger partial charge in [-0.15, -0.1) is 23.8 Å². The number of benzene rings is 2. The van der Waals surface area contributed by atoms with Gasteiger partial charge in [0.05, 0.1) is 0 Å². The fraction of sp³-hybridized carbons (Fsp3) is 0.0476. The van der Waals surface area contributed by atoms with Gasteiger partial charge in [0.1, 0.15) is 0 Å². The van der Waals surface area contributed by atoms with Gasteiger partial charge in [-0.2, -0.15) is 35.4 Å². The van der Waals surface area contributed by atoms with Crippen molar-refractivity contribution in [2.24, 2.45) is 0 Å². The molecule has 3 aromatic rings. The first-order valence-electron chi connectivity index (χ1n) is 7.35. The van der Waals surface area contributed by atoms with Gasteiger partial charge in [0.25, 0.3) is 0 Å². The predicted octanol–water partition coefficient (Wildman–Crippen LogP) is -0.250. The van der Waals surface area contributed by atoms with Gasteiger partial charge in [0.2, 0.25) is 0 Å². The molecule has 1 aromatic heterocycles. The Kier molecular flexibility index (Phi) is 12.7. The average Bonchev–Trinajstić information content (AvgIpc) is 3.31. The van der Waals surface area contributed by atoms with Gasteiger partial charge in [-0.25, -0.2) is 6.07 Å². The Labute approximate surface area is 179 Å². The summed E-state index contributed by atoms with van der Waals surface area (Å²) in [7, 11) is 0.823. The maximum absolute atomic E-state index is 3.53. The second-order valence-corrected chi connectivity index (χ2v) is 5.90. The first-order chi connectivity index (χ1) is 10.9. The van der Waals surface area contributed by atoms with Gasteiger partial charge in [0, 0.05) is 0 Å². The van der Waals surface area contributed by atoms with E-state index in [9.17, 15) is 0 Å². The largest absolute Gasteiger partial charge is 4.00 e. The molecule has 2 aromatic carbocycles. The second-order valence-electron chi connectivity index (χ2n) is 4.99. The van der Waals surface area contributed by atoms with Crippen LogP contribution in [-0.2, 0) is 21.7 Å². The van der Waals surface area contributed by atoms with Crippen molar-refractivity contribution in [3.05, 3.63) is 114 Å². The zero-order valence-electron chi connectivity index (χ0n) is 13.5. The van der Waals surface area contributed by atoms with Crippen molar-refractivity contribution in [1.82, 2.24) is 0 Å². The maximum Gasteiger partial charge on any atom is 4.00 e. The Balaban J connectivity index is 0.000000630. The molecule has 4 rings (SSSR count). The Morgan fingerprint density at radius 2 is 1.44 bits per heavy atom. The quantitative estimate of drug-likeness (QED) is 0.397. The molecule has 2 unspecified atom stereocenters. The Hall–Kier alpha value is -1.01. The molecule has 0 amide bonds. The number of allylic oxidation sites excluding steroid dienone is 4. The SMILES string of the molecule is [C-]1=C(c2ccccc2)C=CC1c1ccccc1.[Cl-].[Cl-].[Ti+4].[c-]1ccc[pH]1. The van der Waals surface area contributed by atoms with E-state index in [1.807, 2.05) is 24.3 Å². The fourth-order valence-electron chi connectivity index (χ4n) is 2.35. The van der Waals surface area contributed by atoms with Crippen LogP contribution in [0.2, 0.25) is 0 Å². The van der Waals surface area contributed by atoms with E-state index in [4.69, 9.17) is 0 Å². The summed E-state index contributed by atoms with van der Waals surface area (Å²) in [4.78, 5) is 0. The summed E-state index contributed by atoms with van der Waals surface area (Å²) in [5.74, 6) is 5.41. The average molecular weight is 419 g/mol. The molecule has 1 aliphatic carbocycles. The molecule has 0 nitrogen and oxygen atoms in total. The Morgan fingerprint density at radius 3 is 1.96 bits per heavy atom. The van der Waals surface area contributed by atoms with Crippen LogP contribution in [0.5, 0.6) is 0 Å². The van der Waals surface area contributed by atoms with Gasteiger partial charge in [-0.05, 0) is 5.92 Å². The molecule has 4 heteroatoms. The summed E-state index contributed by atoms with van der Waals surface area (Å²) in [6.07, 6.45) is 7.89. The summed E-state index contributed by atoms with van der Waals surface area (Å²) < 4.78 is 0. The van der Waals surface area contributed by atoms with Crippen molar-refractivity contribution in [3.63, 3.8) is 0 Å². The summed E-state index contributed by atoms with van der Waals surface area (Å²) in [5.41, 5.74) is 3.73. The van der Waals surface area contributed by atoms with Crippen LogP contribution < -0.4 is 24.8 Å². The molecule has 1 aliphatic rings. The van der Waals surface area contributed by atoms with Crippen LogP contribution in [0.3, 0.4) is 0 Å². The molecule has 2 atom stereocenters. The molecule has 0 N–H and O–H groups in total. The van der Waals surface area contributed by atoms with E-state index in [1.54, 1.807) is 0 Å². The molecular weight excluding hydrogens is 402 g/mol. The van der Waals surface area contributed by atoms with Crippen LogP contribution >= 0.6 is 8.19 Å². The number of halogens is 2. The van der Waals surface area contributed by atoms with Crippen molar-refractivity contribution in [2.45, 2.75) is 5.92 Å². The van der Waals surface area contributed by atoms with E-state index in [-0.39, 0.29) is 46.5 Å². The topological polar surface area (TPSA) is 0 Å². The standard InChI is InChI=1S/C17H13.C4H4P.2ClH.Ti/c1-3-7-14(8-4-1)16-11-12-17(13-16)15-9-5-2-6-10-15;1-2-4-5-3-1;;;/h1-12,16H;1-3,5H;2*1H;/q2*-1;;;+4/p-2. The summed E-state index contributed by atoms with van der Waals surface area (Å²) in [5, 5.41) is 0. The first kappa shape index (κ1) is 24.0. The van der Waals surface area contributed by atoms with Crippen molar-refractivity contribution in [1.29, 1.82) is 0 Å². The van der Waals surface area contributed by atoms with Gasteiger partial charge in [-0.3, -0.25) is 8.19 Å². The molecule has 0 bridgehead atoms. The fourth-order valence-corrected chi connectivity index (χ4v) is 2.83. The molecule has 0 aliphatic heterocycles. The van der Waals surface area contributed by atoms with E-state index in [0.717, 1.165) is 8.19 Å². The zero-order chi connectivity index (χ0) is 15.0. The molecule has 0 spiro atoms. The van der Waals surface area contributed by atoms with E-state index in [2.05, 4.69) is 78.4 Å². The second kappa shape index (κ2) is 13.2. The van der Waals surface area contributed by atoms with Crippen molar-refractivity contribution in [2.75, 3.05) is 0 Å². The molecular formula is C21H17Cl2PTi. The molecule has 124 valence electrons. The van der Waals surface area contributed by atoms with Crippen LogP contribution in [0.1, 0.15) is 17.0 Å². The third kappa shape index (κ3) is 7.41. The predicted molar refractivity (Wildman–Crippen MR) is 96.2 cm³/mol. The normalized spacial score (nSPS) is 14.2. The van der Waals surface area contributed by atoms with Crippen LogP contribution in [0, 0.1) is 11.9 Å². The summed E-state index contributed by atoms with van der Waals surface area (Å²) in [6.45, 7) is 0.